The van der Waals surface area contributed by atoms with Gasteiger partial charge in [-0.05, 0) is 12.1 Å². The number of hydrogen-bond acceptors (Lipinski definition) is 3. The SMILES string of the molecule is Brc1ccn2c(CN3CCNCC3)cnc2c1. The van der Waals surface area contributed by atoms with Crippen molar-refractivity contribution in [1.29, 1.82) is 0 Å². The summed E-state index contributed by atoms with van der Waals surface area (Å²) in [6.45, 7) is 5.38. The highest BCUT2D eigenvalue weighted by Gasteiger charge is 2.12. The Balaban J connectivity index is 1.84. The van der Waals surface area contributed by atoms with Gasteiger partial charge in [0.15, 0.2) is 0 Å². The molecule has 1 saturated heterocycles. The maximum atomic E-state index is 4.44. The van der Waals surface area contributed by atoms with E-state index in [9.17, 15) is 0 Å². The molecule has 0 amide bonds. The summed E-state index contributed by atoms with van der Waals surface area (Å²) in [6.07, 6.45) is 4.05. The van der Waals surface area contributed by atoms with Crippen LogP contribution < -0.4 is 5.32 Å². The first-order valence-electron chi connectivity index (χ1n) is 5.87. The summed E-state index contributed by atoms with van der Waals surface area (Å²) in [5.41, 5.74) is 2.26. The van der Waals surface area contributed by atoms with Crippen LogP contribution in [0.2, 0.25) is 0 Å². The van der Waals surface area contributed by atoms with E-state index in [1.807, 2.05) is 12.3 Å². The Morgan fingerprint density at radius 2 is 2.18 bits per heavy atom. The molecule has 0 aromatic carbocycles. The summed E-state index contributed by atoms with van der Waals surface area (Å²) in [6, 6.07) is 4.09. The van der Waals surface area contributed by atoms with Crippen molar-refractivity contribution in [2.45, 2.75) is 6.54 Å². The van der Waals surface area contributed by atoms with E-state index in [1.165, 1.54) is 5.69 Å². The Morgan fingerprint density at radius 1 is 1.35 bits per heavy atom. The van der Waals surface area contributed by atoms with Crippen molar-refractivity contribution in [2.24, 2.45) is 0 Å². The quantitative estimate of drug-likeness (QED) is 0.911. The lowest BCUT2D eigenvalue weighted by atomic mass is 10.3. The van der Waals surface area contributed by atoms with Gasteiger partial charge in [-0.2, -0.15) is 0 Å². The van der Waals surface area contributed by atoms with E-state index in [0.717, 1.165) is 42.8 Å². The van der Waals surface area contributed by atoms with E-state index in [-0.39, 0.29) is 0 Å². The van der Waals surface area contributed by atoms with Crippen LogP contribution in [0.25, 0.3) is 5.65 Å². The van der Waals surface area contributed by atoms with Crippen LogP contribution in [-0.4, -0.2) is 40.5 Å². The zero-order chi connectivity index (χ0) is 11.7. The molecule has 2 aromatic heterocycles. The van der Waals surface area contributed by atoms with Gasteiger partial charge in [0.1, 0.15) is 5.65 Å². The summed E-state index contributed by atoms with van der Waals surface area (Å²) in [7, 11) is 0. The molecule has 0 radical (unpaired) electrons. The van der Waals surface area contributed by atoms with Crippen LogP contribution >= 0.6 is 15.9 Å². The van der Waals surface area contributed by atoms with Crippen LogP contribution in [0.4, 0.5) is 0 Å². The van der Waals surface area contributed by atoms with Crippen molar-refractivity contribution < 1.29 is 0 Å². The summed E-state index contributed by atoms with van der Waals surface area (Å²) in [5, 5.41) is 3.37. The van der Waals surface area contributed by atoms with Gasteiger partial charge in [0.25, 0.3) is 0 Å². The van der Waals surface area contributed by atoms with E-state index in [0.29, 0.717) is 0 Å². The molecule has 1 aliphatic rings. The Kier molecular flexibility index (Phi) is 3.13. The molecule has 1 N–H and O–H groups in total. The Bertz CT molecular complexity index is 516. The minimum absolute atomic E-state index is 0.977. The minimum atomic E-state index is 0.977. The highest BCUT2D eigenvalue weighted by molar-refractivity contribution is 9.10. The largest absolute Gasteiger partial charge is 0.314 e. The predicted octanol–water partition coefficient (Wildman–Crippen LogP) is 1.50. The molecule has 2 aromatic rings. The first-order chi connectivity index (χ1) is 8.33. The number of hydrogen-bond donors (Lipinski definition) is 1. The van der Waals surface area contributed by atoms with Crippen LogP contribution in [0.3, 0.4) is 0 Å². The zero-order valence-corrected chi connectivity index (χ0v) is 11.2. The zero-order valence-electron chi connectivity index (χ0n) is 9.56. The highest BCUT2D eigenvalue weighted by Crippen LogP contribution is 2.15. The van der Waals surface area contributed by atoms with Crippen molar-refractivity contribution in [3.63, 3.8) is 0 Å². The van der Waals surface area contributed by atoms with Crippen molar-refractivity contribution in [2.75, 3.05) is 26.2 Å². The Morgan fingerprint density at radius 3 is 3.00 bits per heavy atom. The van der Waals surface area contributed by atoms with Crippen molar-refractivity contribution in [3.05, 3.63) is 34.7 Å². The number of pyridine rings is 1. The molecule has 0 bridgehead atoms. The third-order valence-electron chi connectivity index (χ3n) is 3.15. The van der Waals surface area contributed by atoms with Crippen molar-refractivity contribution in [1.82, 2.24) is 19.6 Å². The lowest BCUT2D eigenvalue weighted by Gasteiger charge is -2.26. The normalized spacial score (nSPS) is 17.7. The van der Waals surface area contributed by atoms with Crippen molar-refractivity contribution in [3.8, 4) is 0 Å². The molecule has 4 nitrogen and oxygen atoms in total. The molecular formula is C12H15BrN4. The van der Waals surface area contributed by atoms with Crippen LogP contribution in [-0.2, 0) is 6.54 Å². The highest BCUT2D eigenvalue weighted by atomic mass is 79.9. The van der Waals surface area contributed by atoms with E-state index in [2.05, 4.69) is 47.8 Å². The maximum Gasteiger partial charge on any atom is 0.138 e. The molecule has 0 spiro atoms. The fourth-order valence-corrected chi connectivity index (χ4v) is 2.55. The van der Waals surface area contributed by atoms with Crippen LogP contribution in [0.5, 0.6) is 0 Å². The van der Waals surface area contributed by atoms with E-state index < -0.39 is 0 Å². The number of piperazine rings is 1. The topological polar surface area (TPSA) is 32.6 Å². The molecule has 90 valence electrons. The van der Waals surface area contributed by atoms with Crippen LogP contribution in [0.15, 0.2) is 29.0 Å². The summed E-state index contributed by atoms with van der Waals surface area (Å²) in [5.74, 6) is 0. The Hall–Kier alpha value is -0.910. The predicted molar refractivity (Wildman–Crippen MR) is 71.0 cm³/mol. The molecule has 3 heterocycles. The molecule has 0 unspecified atom stereocenters. The summed E-state index contributed by atoms with van der Waals surface area (Å²) in [4.78, 5) is 6.90. The molecule has 5 heteroatoms. The van der Waals surface area contributed by atoms with Crippen LogP contribution in [0, 0.1) is 0 Å². The number of rotatable bonds is 2. The van der Waals surface area contributed by atoms with E-state index in [1.54, 1.807) is 0 Å². The average Bonchev–Trinajstić information content (AvgIpc) is 2.73. The molecule has 17 heavy (non-hydrogen) atoms. The Labute approximate surface area is 109 Å². The van der Waals surface area contributed by atoms with Gasteiger partial charge in [-0.3, -0.25) is 4.90 Å². The van der Waals surface area contributed by atoms with E-state index in [4.69, 9.17) is 0 Å². The third-order valence-corrected chi connectivity index (χ3v) is 3.64. The minimum Gasteiger partial charge on any atom is -0.314 e. The molecule has 0 saturated carbocycles. The molecule has 0 atom stereocenters. The monoisotopic (exact) mass is 294 g/mol. The first-order valence-corrected chi connectivity index (χ1v) is 6.67. The van der Waals surface area contributed by atoms with Crippen LogP contribution in [0.1, 0.15) is 5.69 Å². The lowest BCUT2D eigenvalue weighted by molar-refractivity contribution is 0.230. The first kappa shape index (κ1) is 11.2. The smallest absolute Gasteiger partial charge is 0.138 e. The molecular weight excluding hydrogens is 280 g/mol. The van der Waals surface area contributed by atoms with E-state index >= 15 is 0 Å². The number of halogens is 1. The van der Waals surface area contributed by atoms with Gasteiger partial charge in [0.05, 0.1) is 11.9 Å². The number of nitrogens with one attached hydrogen (secondary N) is 1. The van der Waals surface area contributed by atoms with Gasteiger partial charge in [-0.25, -0.2) is 4.98 Å². The molecule has 1 fully saturated rings. The molecule has 3 rings (SSSR count). The standard InChI is InChI=1S/C12H15BrN4/c13-10-1-4-17-11(8-15-12(17)7-10)9-16-5-2-14-3-6-16/h1,4,7-8,14H,2-3,5-6,9H2. The lowest BCUT2D eigenvalue weighted by Crippen LogP contribution is -2.43. The fraction of sp³-hybridized carbons (Fsp3) is 0.417. The van der Waals surface area contributed by atoms with Gasteiger partial charge in [0.2, 0.25) is 0 Å². The average molecular weight is 295 g/mol. The molecule has 1 aliphatic heterocycles. The fourth-order valence-electron chi connectivity index (χ4n) is 2.22. The number of imidazole rings is 1. The number of fused-ring (bicyclic) bond motifs is 1. The second kappa shape index (κ2) is 4.76. The summed E-state index contributed by atoms with van der Waals surface area (Å²) < 4.78 is 3.23. The van der Waals surface area contributed by atoms with Gasteiger partial charge in [0, 0.05) is 43.4 Å². The number of aromatic nitrogens is 2. The number of nitrogens with zero attached hydrogens (tertiary/aromatic N) is 3. The maximum absolute atomic E-state index is 4.44. The van der Waals surface area contributed by atoms with Gasteiger partial charge < -0.3 is 9.72 Å². The second-order valence-corrected chi connectivity index (χ2v) is 5.26. The summed E-state index contributed by atoms with van der Waals surface area (Å²) >= 11 is 3.47. The molecule has 0 aliphatic carbocycles. The second-order valence-electron chi connectivity index (χ2n) is 4.35. The van der Waals surface area contributed by atoms with Gasteiger partial charge in [-0.15, -0.1) is 0 Å². The van der Waals surface area contributed by atoms with Gasteiger partial charge >= 0.3 is 0 Å². The van der Waals surface area contributed by atoms with Crippen molar-refractivity contribution >= 4 is 21.6 Å². The van der Waals surface area contributed by atoms with Gasteiger partial charge in [-0.1, -0.05) is 15.9 Å². The third kappa shape index (κ3) is 2.36.